The van der Waals surface area contributed by atoms with Crippen molar-refractivity contribution in [1.82, 2.24) is 20.4 Å². The van der Waals surface area contributed by atoms with Gasteiger partial charge in [0, 0.05) is 64.4 Å². The molecule has 6 atom stereocenters. The predicted molar refractivity (Wildman–Crippen MR) is 186 cm³/mol. The molecule has 12 nitrogen and oxygen atoms in total. The summed E-state index contributed by atoms with van der Waals surface area (Å²) in [4.78, 5) is 25.6. The van der Waals surface area contributed by atoms with Crippen molar-refractivity contribution < 1.29 is 40.2 Å². The van der Waals surface area contributed by atoms with Crippen molar-refractivity contribution >= 4 is 49.7 Å². The first kappa shape index (κ1) is 50.7. The SMILES string of the molecule is C=CCCC(O)CNCCN(CC(O)CCCC)C(C)C(=O)[O-].C=CCCC(O)CNCCN(CC(O)CCCC)C(C)C(=O)[O-].[Ca+2]. The molecule has 272 valence electrons. The Labute approximate surface area is 314 Å². The number of nitrogens with zero attached hydrogens (tertiary/aromatic N) is 2. The van der Waals surface area contributed by atoms with Crippen molar-refractivity contribution in [3.63, 3.8) is 0 Å². The maximum absolute atomic E-state index is 11.1. The molecule has 0 aromatic rings. The molecule has 47 heavy (non-hydrogen) atoms. The van der Waals surface area contributed by atoms with E-state index in [9.17, 15) is 40.2 Å². The summed E-state index contributed by atoms with van der Waals surface area (Å²) in [6.45, 7) is 18.1. The summed E-state index contributed by atoms with van der Waals surface area (Å²) < 4.78 is 0. The van der Waals surface area contributed by atoms with Crippen molar-refractivity contribution in [2.45, 2.75) is 128 Å². The molecule has 0 aliphatic carbocycles. The van der Waals surface area contributed by atoms with Crippen LogP contribution in [0.15, 0.2) is 25.3 Å². The fraction of sp³-hybridized carbons (Fsp3) is 0.824. The van der Waals surface area contributed by atoms with Gasteiger partial charge in [-0.05, 0) is 52.4 Å². The number of aliphatic hydroxyl groups excluding tert-OH is 4. The quantitative estimate of drug-likeness (QED) is 0.0318. The number of carboxylic acid groups (broad SMARTS) is 2. The first-order valence-electron chi connectivity index (χ1n) is 17.1. The maximum Gasteiger partial charge on any atom is 2.00 e. The summed E-state index contributed by atoms with van der Waals surface area (Å²) in [5, 5.41) is 67.8. The zero-order valence-electron chi connectivity index (χ0n) is 29.8. The van der Waals surface area contributed by atoms with Crippen LogP contribution in [0.5, 0.6) is 0 Å². The van der Waals surface area contributed by atoms with E-state index in [1.165, 1.54) is 0 Å². The van der Waals surface area contributed by atoms with E-state index >= 15 is 0 Å². The molecule has 6 unspecified atom stereocenters. The van der Waals surface area contributed by atoms with Crippen molar-refractivity contribution in [1.29, 1.82) is 0 Å². The molecule has 0 bridgehead atoms. The number of aliphatic hydroxyl groups is 4. The summed E-state index contributed by atoms with van der Waals surface area (Å²) in [5.41, 5.74) is 0. The third kappa shape index (κ3) is 30.0. The number of carbonyl (C=O) groups is 2. The minimum Gasteiger partial charge on any atom is -0.548 e. The number of hydrogen-bond acceptors (Lipinski definition) is 12. The molecule has 0 amide bonds. The van der Waals surface area contributed by atoms with Crippen molar-refractivity contribution in [3.8, 4) is 0 Å². The smallest absolute Gasteiger partial charge is 0.548 e. The Morgan fingerprint density at radius 1 is 0.681 bits per heavy atom. The largest absolute Gasteiger partial charge is 2.00 e. The van der Waals surface area contributed by atoms with Crippen LogP contribution >= 0.6 is 0 Å². The standard InChI is InChI=1S/2C17H34N2O4.Ca/c2*1-4-6-8-15(20)12-18-10-11-19(14(3)17(22)23)13-16(21)9-7-5-2;/h2*4,14-16,18,20-21H,1,5-13H2,2-3H3,(H,22,23);/q;;+2/p-2. The van der Waals surface area contributed by atoms with Crippen LogP contribution in [0.1, 0.15) is 91.9 Å². The van der Waals surface area contributed by atoms with Gasteiger partial charge in [0.05, 0.1) is 36.4 Å². The number of rotatable bonds is 30. The topological polar surface area (TPSA) is 192 Å². The van der Waals surface area contributed by atoms with Gasteiger partial charge in [-0.25, -0.2) is 0 Å². The second kappa shape index (κ2) is 33.8. The summed E-state index contributed by atoms with van der Waals surface area (Å²) >= 11 is 0. The predicted octanol–water partition coefficient (Wildman–Crippen LogP) is -0.592. The first-order chi connectivity index (χ1) is 21.8. The van der Waals surface area contributed by atoms with Crippen LogP contribution in [0.3, 0.4) is 0 Å². The molecule has 13 heteroatoms. The van der Waals surface area contributed by atoms with E-state index < -0.39 is 48.4 Å². The molecule has 0 fully saturated rings. The van der Waals surface area contributed by atoms with Crippen LogP contribution in [0, 0.1) is 0 Å². The van der Waals surface area contributed by atoms with Gasteiger partial charge in [-0.3, -0.25) is 9.80 Å². The number of carbonyl (C=O) groups excluding carboxylic acids is 2. The van der Waals surface area contributed by atoms with Crippen LogP contribution in [-0.4, -0.2) is 169 Å². The van der Waals surface area contributed by atoms with Gasteiger partial charge in [-0.15, -0.1) is 13.2 Å². The Kier molecular flexibility index (Phi) is 36.5. The van der Waals surface area contributed by atoms with Crippen LogP contribution in [0.2, 0.25) is 0 Å². The van der Waals surface area contributed by atoms with E-state index in [2.05, 4.69) is 37.6 Å². The number of unbranched alkanes of at least 4 members (excludes halogenated alkanes) is 2. The Balaban J connectivity index is -0.000000807. The van der Waals surface area contributed by atoms with E-state index in [1.54, 1.807) is 35.8 Å². The molecule has 0 aliphatic heterocycles. The van der Waals surface area contributed by atoms with E-state index in [-0.39, 0.29) is 37.7 Å². The molecule has 0 saturated carbocycles. The molecule has 0 heterocycles. The molecule has 6 N–H and O–H groups in total. The number of hydrogen-bond donors (Lipinski definition) is 6. The van der Waals surface area contributed by atoms with Crippen LogP contribution in [-0.2, 0) is 9.59 Å². The van der Waals surface area contributed by atoms with Crippen molar-refractivity contribution in [3.05, 3.63) is 25.3 Å². The Bertz CT molecular complexity index is 720. The van der Waals surface area contributed by atoms with Gasteiger partial charge >= 0.3 is 37.7 Å². The second-order valence-corrected chi connectivity index (χ2v) is 12.0. The zero-order chi connectivity index (χ0) is 35.3. The summed E-state index contributed by atoms with van der Waals surface area (Å²) in [5.74, 6) is -2.28. The monoisotopic (exact) mass is 698 g/mol. The Morgan fingerprint density at radius 3 is 1.30 bits per heavy atom. The minimum absolute atomic E-state index is 0. The van der Waals surface area contributed by atoms with E-state index in [0.717, 1.165) is 38.5 Å². The maximum atomic E-state index is 11.1. The molecule has 0 aromatic carbocycles. The number of aliphatic carboxylic acids is 2. The Morgan fingerprint density at radius 2 is 1.02 bits per heavy atom. The van der Waals surface area contributed by atoms with Crippen molar-refractivity contribution in [2.24, 2.45) is 0 Å². The molecule has 0 spiro atoms. The van der Waals surface area contributed by atoms with Crippen LogP contribution in [0.25, 0.3) is 0 Å². The fourth-order valence-corrected chi connectivity index (χ4v) is 4.59. The van der Waals surface area contributed by atoms with E-state index in [0.29, 0.717) is 78.0 Å². The molecule has 0 rings (SSSR count). The van der Waals surface area contributed by atoms with Gasteiger partial charge in [-0.1, -0.05) is 51.7 Å². The normalized spacial score (nSPS) is 15.0. The molecule has 0 aliphatic rings. The molecule has 0 radical (unpaired) electrons. The zero-order valence-corrected chi connectivity index (χ0v) is 32.0. The number of nitrogens with one attached hydrogen (secondary N) is 2. The van der Waals surface area contributed by atoms with E-state index in [4.69, 9.17) is 0 Å². The van der Waals surface area contributed by atoms with Gasteiger partial charge in [0.25, 0.3) is 0 Å². The minimum atomic E-state index is -1.14. The second-order valence-electron chi connectivity index (χ2n) is 12.0. The van der Waals surface area contributed by atoms with Gasteiger partial charge < -0.3 is 50.9 Å². The van der Waals surface area contributed by atoms with E-state index in [1.807, 2.05) is 0 Å². The number of carboxylic acids is 2. The summed E-state index contributed by atoms with van der Waals surface area (Å²) in [7, 11) is 0. The van der Waals surface area contributed by atoms with Crippen molar-refractivity contribution in [2.75, 3.05) is 52.4 Å². The average Bonchev–Trinajstić information content (AvgIpc) is 3.02. The van der Waals surface area contributed by atoms with Crippen LogP contribution < -0.4 is 20.8 Å². The first-order valence-corrected chi connectivity index (χ1v) is 17.1. The van der Waals surface area contributed by atoms with Crippen LogP contribution in [0.4, 0.5) is 0 Å². The molecular formula is C34H66CaN4O8. The molecular weight excluding hydrogens is 632 g/mol. The Hall–Kier alpha value is -0.640. The van der Waals surface area contributed by atoms with Gasteiger partial charge in [0.2, 0.25) is 0 Å². The third-order valence-corrected chi connectivity index (χ3v) is 7.77. The van der Waals surface area contributed by atoms with Gasteiger partial charge in [0.1, 0.15) is 0 Å². The fourth-order valence-electron chi connectivity index (χ4n) is 4.59. The molecule has 0 aromatic heterocycles. The summed E-state index contributed by atoms with van der Waals surface area (Å²) in [6, 6.07) is -1.50. The molecule has 0 saturated heterocycles. The summed E-state index contributed by atoms with van der Waals surface area (Å²) in [6.07, 6.45) is 9.61. The number of allylic oxidation sites excluding steroid dienone is 2. The third-order valence-electron chi connectivity index (χ3n) is 7.77. The van der Waals surface area contributed by atoms with Gasteiger partial charge in [0.15, 0.2) is 0 Å². The average molecular weight is 699 g/mol. The van der Waals surface area contributed by atoms with Gasteiger partial charge in [-0.2, -0.15) is 0 Å².